The Bertz CT molecular complexity index is 626. The van der Waals surface area contributed by atoms with E-state index in [2.05, 4.69) is 5.10 Å². The number of aromatic nitrogens is 2. The molecular formula is C16H20N4O2. The van der Waals surface area contributed by atoms with Crippen molar-refractivity contribution < 1.29 is 9.53 Å². The third kappa shape index (κ3) is 3.28. The van der Waals surface area contributed by atoms with Gasteiger partial charge in [-0.05, 0) is 5.56 Å². The monoisotopic (exact) mass is 300 g/mol. The van der Waals surface area contributed by atoms with Crippen LogP contribution in [0.5, 0.6) is 0 Å². The molecule has 22 heavy (non-hydrogen) atoms. The van der Waals surface area contributed by atoms with Crippen LogP contribution < -0.4 is 4.90 Å². The smallest absolute Gasteiger partial charge is 0.325 e. The van der Waals surface area contributed by atoms with Crippen molar-refractivity contribution in [3.05, 3.63) is 48.2 Å². The highest BCUT2D eigenvalue weighted by Gasteiger charge is 2.30. The fraction of sp³-hybridized carbons (Fsp3) is 0.375. The van der Waals surface area contributed by atoms with E-state index in [1.54, 1.807) is 14.5 Å². The molecule has 0 bridgehead atoms. The highest BCUT2D eigenvalue weighted by atomic mass is 16.5. The number of aryl methyl sites for hydroxylation is 1. The molecule has 0 N–H and O–H groups in total. The second kappa shape index (κ2) is 6.62. The van der Waals surface area contributed by atoms with Gasteiger partial charge in [0.2, 0.25) is 0 Å². The molecule has 0 saturated carbocycles. The molecule has 2 amide bonds. The van der Waals surface area contributed by atoms with Crippen LogP contribution in [0, 0.1) is 0 Å². The Morgan fingerprint density at radius 1 is 1.18 bits per heavy atom. The second-order valence-corrected chi connectivity index (χ2v) is 5.31. The van der Waals surface area contributed by atoms with Crippen molar-refractivity contribution in [2.75, 3.05) is 31.1 Å². The molecule has 0 unspecified atom stereocenters. The number of urea groups is 1. The molecule has 1 aliphatic rings. The number of ether oxygens (including phenoxy) is 1. The first kappa shape index (κ1) is 14.6. The lowest BCUT2D eigenvalue weighted by atomic mass is 10.2. The highest BCUT2D eigenvalue weighted by molar-refractivity contribution is 5.93. The van der Waals surface area contributed by atoms with E-state index in [0.29, 0.717) is 38.7 Å². The Kier molecular flexibility index (Phi) is 4.39. The topological polar surface area (TPSA) is 50.6 Å². The van der Waals surface area contributed by atoms with Gasteiger partial charge in [-0.25, -0.2) is 4.79 Å². The number of carbonyl (C=O) groups is 1. The Labute approximate surface area is 129 Å². The van der Waals surface area contributed by atoms with E-state index < -0.39 is 0 Å². The van der Waals surface area contributed by atoms with Gasteiger partial charge in [0.15, 0.2) is 5.82 Å². The molecule has 2 heterocycles. The van der Waals surface area contributed by atoms with Crippen LogP contribution >= 0.6 is 0 Å². The molecule has 0 radical (unpaired) electrons. The van der Waals surface area contributed by atoms with Gasteiger partial charge in [0, 0.05) is 38.9 Å². The van der Waals surface area contributed by atoms with Crippen molar-refractivity contribution >= 4 is 11.8 Å². The zero-order valence-electron chi connectivity index (χ0n) is 12.7. The average Bonchev–Trinajstić information content (AvgIpc) is 3.11. The maximum atomic E-state index is 12.3. The van der Waals surface area contributed by atoms with Gasteiger partial charge in [0.05, 0.1) is 13.2 Å². The SMILES string of the molecule is Cn1ccc(N2CCN(CCOCc3ccccc3)C2=O)n1. The summed E-state index contributed by atoms with van der Waals surface area (Å²) in [4.78, 5) is 15.8. The van der Waals surface area contributed by atoms with Crippen LogP contribution in [0.3, 0.4) is 0 Å². The van der Waals surface area contributed by atoms with Gasteiger partial charge in [-0.3, -0.25) is 9.58 Å². The molecule has 6 nitrogen and oxygen atoms in total. The normalized spacial score (nSPS) is 14.9. The summed E-state index contributed by atoms with van der Waals surface area (Å²) in [6.07, 6.45) is 1.84. The van der Waals surface area contributed by atoms with E-state index in [-0.39, 0.29) is 6.03 Å². The molecule has 116 valence electrons. The standard InChI is InChI=1S/C16H20N4O2/c1-18-8-7-15(17-18)20-10-9-19(16(20)21)11-12-22-13-14-5-3-2-4-6-14/h2-8H,9-13H2,1H3. The summed E-state index contributed by atoms with van der Waals surface area (Å²) in [6, 6.07) is 11.9. The molecule has 1 saturated heterocycles. The van der Waals surface area contributed by atoms with Crippen LogP contribution in [-0.4, -0.2) is 47.0 Å². The van der Waals surface area contributed by atoms with E-state index in [1.807, 2.05) is 49.6 Å². The third-order valence-corrected chi connectivity index (χ3v) is 3.69. The van der Waals surface area contributed by atoms with E-state index in [1.165, 1.54) is 0 Å². The average molecular weight is 300 g/mol. The van der Waals surface area contributed by atoms with Crippen LogP contribution in [0.15, 0.2) is 42.6 Å². The first-order chi connectivity index (χ1) is 10.7. The summed E-state index contributed by atoms with van der Waals surface area (Å²) in [6.45, 7) is 3.11. The van der Waals surface area contributed by atoms with Crippen LogP contribution in [0.4, 0.5) is 10.6 Å². The fourth-order valence-electron chi connectivity index (χ4n) is 2.49. The zero-order valence-corrected chi connectivity index (χ0v) is 12.7. The van der Waals surface area contributed by atoms with Gasteiger partial charge in [0.25, 0.3) is 0 Å². The number of rotatable bonds is 6. The Balaban J connectivity index is 1.45. The van der Waals surface area contributed by atoms with Crippen molar-refractivity contribution in [3.8, 4) is 0 Å². The quantitative estimate of drug-likeness (QED) is 0.765. The molecule has 0 spiro atoms. The number of nitrogens with zero attached hydrogens (tertiary/aromatic N) is 4. The van der Waals surface area contributed by atoms with Gasteiger partial charge in [-0.2, -0.15) is 5.10 Å². The molecule has 1 aromatic heterocycles. The largest absolute Gasteiger partial charge is 0.375 e. The van der Waals surface area contributed by atoms with Gasteiger partial charge >= 0.3 is 6.03 Å². The molecule has 1 fully saturated rings. The number of carbonyl (C=O) groups excluding carboxylic acids is 1. The van der Waals surface area contributed by atoms with E-state index in [0.717, 1.165) is 5.56 Å². The van der Waals surface area contributed by atoms with Gasteiger partial charge < -0.3 is 9.64 Å². The zero-order chi connectivity index (χ0) is 15.4. The number of anilines is 1. The first-order valence-corrected chi connectivity index (χ1v) is 7.42. The molecule has 0 aliphatic carbocycles. The van der Waals surface area contributed by atoms with Crippen molar-refractivity contribution in [1.82, 2.24) is 14.7 Å². The molecule has 3 rings (SSSR count). The van der Waals surface area contributed by atoms with Crippen LogP contribution in [0.1, 0.15) is 5.56 Å². The summed E-state index contributed by atoms with van der Waals surface area (Å²) in [5.41, 5.74) is 1.14. The van der Waals surface area contributed by atoms with Crippen molar-refractivity contribution in [2.24, 2.45) is 7.05 Å². The molecule has 0 atom stereocenters. The third-order valence-electron chi connectivity index (χ3n) is 3.69. The number of hydrogen-bond acceptors (Lipinski definition) is 3. The lowest BCUT2D eigenvalue weighted by molar-refractivity contribution is 0.104. The summed E-state index contributed by atoms with van der Waals surface area (Å²) < 4.78 is 7.35. The molecular weight excluding hydrogens is 280 g/mol. The first-order valence-electron chi connectivity index (χ1n) is 7.42. The Morgan fingerprint density at radius 3 is 2.73 bits per heavy atom. The minimum atomic E-state index is 0.00186. The number of amides is 2. The van der Waals surface area contributed by atoms with E-state index in [4.69, 9.17) is 4.74 Å². The molecule has 1 aliphatic heterocycles. The Morgan fingerprint density at radius 2 is 2.00 bits per heavy atom. The lowest BCUT2D eigenvalue weighted by Crippen LogP contribution is -2.34. The van der Waals surface area contributed by atoms with Crippen molar-refractivity contribution in [1.29, 1.82) is 0 Å². The summed E-state index contributed by atoms with van der Waals surface area (Å²) in [5, 5.41) is 4.28. The van der Waals surface area contributed by atoms with Gasteiger partial charge in [-0.1, -0.05) is 30.3 Å². The lowest BCUT2D eigenvalue weighted by Gasteiger charge is -2.17. The minimum Gasteiger partial charge on any atom is -0.375 e. The predicted molar refractivity (Wildman–Crippen MR) is 83.6 cm³/mol. The van der Waals surface area contributed by atoms with Gasteiger partial charge in [-0.15, -0.1) is 0 Å². The van der Waals surface area contributed by atoms with Crippen molar-refractivity contribution in [2.45, 2.75) is 6.61 Å². The maximum absolute atomic E-state index is 12.3. The van der Waals surface area contributed by atoms with Crippen LogP contribution in [0.2, 0.25) is 0 Å². The fourth-order valence-corrected chi connectivity index (χ4v) is 2.49. The molecule has 2 aromatic rings. The molecule has 1 aromatic carbocycles. The van der Waals surface area contributed by atoms with Gasteiger partial charge in [0.1, 0.15) is 0 Å². The maximum Gasteiger partial charge on any atom is 0.325 e. The van der Waals surface area contributed by atoms with E-state index >= 15 is 0 Å². The predicted octanol–water partition coefficient (Wildman–Crippen LogP) is 1.88. The van der Waals surface area contributed by atoms with E-state index in [9.17, 15) is 4.79 Å². The number of benzene rings is 1. The summed E-state index contributed by atoms with van der Waals surface area (Å²) >= 11 is 0. The molecule has 6 heteroatoms. The second-order valence-electron chi connectivity index (χ2n) is 5.31. The van der Waals surface area contributed by atoms with Crippen LogP contribution in [-0.2, 0) is 18.4 Å². The minimum absolute atomic E-state index is 0.00186. The summed E-state index contributed by atoms with van der Waals surface area (Å²) in [7, 11) is 1.85. The number of hydrogen-bond donors (Lipinski definition) is 0. The Hall–Kier alpha value is -2.34. The highest BCUT2D eigenvalue weighted by Crippen LogP contribution is 2.17. The van der Waals surface area contributed by atoms with Crippen molar-refractivity contribution in [3.63, 3.8) is 0 Å². The summed E-state index contributed by atoms with van der Waals surface area (Å²) in [5.74, 6) is 0.709. The van der Waals surface area contributed by atoms with Crippen LogP contribution in [0.25, 0.3) is 0 Å².